The zero-order valence-electron chi connectivity index (χ0n) is 10.4. The summed E-state index contributed by atoms with van der Waals surface area (Å²) in [6.07, 6.45) is 2.65. The number of aryl methyl sites for hydroxylation is 2. The standard InChI is InChI=1S/C13H20N2OS/c1-2-11-3-4-12(17-11)5-6-13(16)15-9-7-14-8-10-15/h3-4,14H,2,5-10H2,1H3. The van der Waals surface area contributed by atoms with Crippen LogP contribution in [-0.4, -0.2) is 37.0 Å². The summed E-state index contributed by atoms with van der Waals surface area (Å²) in [4.78, 5) is 16.7. The second-order valence-electron chi connectivity index (χ2n) is 4.35. The van der Waals surface area contributed by atoms with E-state index in [-0.39, 0.29) is 0 Å². The van der Waals surface area contributed by atoms with Gasteiger partial charge < -0.3 is 10.2 Å². The molecule has 4 heteroatoms. The number of carbonyl (C=O) groups is 1. The highest BCUT2D eigenvalue weighted by Gasteiger charge is 2.15. The maximum Gasteiger partial charge on any atom is 0.223 e. The zero-order chi connectivity index (χ0) is 12.1. The second kappa shape index (κ2) is 6.17. The van der Waals surface area contributed by atoms with Gasteiger partial charge in [0.25, 0.3) is 0 Å². The molecule has 1 aromatic heterocycles. The molecule has 17 heavy (non-hydrogen) atoms. The molecule has 1 saturated heterocycles. The average molecular weight is 252 g/mol. The number of thiophene rings is 1. The van der Waals surface area contributed by atoms with Gasteiger partial charge in [0, 0.05) is 42.4 Å². The van der Waals surface area contributed by atoms with Gasteiger partial charge in [0.05, 0.1) is 0 Å². The highest BCUT2D eigenvalue weighted by Crippen LogP contribution is 2.18. The molecule has 3 nitrogen and oxygen atoms in total. The van der Waals surface area contributed by atoms with Crippen LogP contribution in [0, 0.1) is 0 Å². The van der Waals surface area contributed by atoms with E-state index >= 15 is 0 Å². The smallest absolute Gasteiger partial charge is 0.223 e. The van der Waals surface area contributed by atoms with Crippen molar-refractivity contribution >= 4 is 17.2 Å². The number of hydrogen-bond acceptors (Lipinski definition) is 3. The van der Waals surface area contributed by atoms with Crippen LogP contribution in [0.3, 0.4) is 0 Å². The van der Waals surface area contributed by atoms with Gasteiger partial charge in [-0.1, -0.05) is 6.92 Å². The van der Waals surface area contributed by atoms with Crippen molar-refractivity contribution in [3.05, 3.63) is 21.9 Å². The molecule has 1 aliphatic rings. The van der Waals surface area contributed by atoms with Crippen molar-refractivity contribution in [1.29, 1.82) is 0 Å². The molecule has 0 aromatic carbocycles. The summed E-state index contributed by atoms with van der Waals surface area (Å²) in [6, 6.07) is 4.34. The third-order valence-corrected chi connectivity index (χ3v) is 4.41. The molecule has 0 aliphatic carbocycles. The Hall–Kier alpha value is -0.870. The number of hydrogen-bond donors (Lipinski definition) is 1. The van der Waals surface area contributed by atoms with E-state index < -0.39 is 0 Å². The minimum atomic E-state index is 0.304. The SMILES string of the molecule is CCc1ccc(CCC(=O)N2CCNCC2)s1. The molecule has 0 radical (unpaired) electrons. The Morgan fingerprint density at radius 3 is 2.71 bits per heavy atom. The Labute approximate surface area is 107 Å². The minimum absolute atomic E-state index is 0.304. The lowest BCUT2D eigenvalue weighted by atomic mass is 10.2. The second-order valence-corrected chi connectivity index (χ2v) is 5.61. The average Bonchev–Trinajstić information content (AvgIpc) is 2.85. The predicted octanol–water partition coefficient (Wildman–Crippen LogP) is 1.67. The molecule has 2 rings (SSSR count). The van der Waals surface area contributed by atoms with Crippen LogP contribution >= 0.6 is 11.3 Å². The van der Waals surface area contributed by atoms with E-state index in [0.29, 0.717) is 12.3 Å². The monoisotopic (exact) mass is 252 g/mol. The minimum Gasteiger partial charge on any atom is -0.340 e. The van der Waals surface area contributed by atoms with Crippen LogP contribution in [0.5, 0.6) is 0 Å². The van der Waals surface area contributed by atoms with Gasteiger partial charge in [-0.3, -0.25) is 4.79 Å². The molecule has 0 atom stereocenters. The van der Waals surface area contributed by atoms with Gasteiger partial charge in [-0.2, -0.15) is 0 Å². The number of nitrogens with zero attached hydrogens (tertiary/aromatic N) is 1. The van der Waals surface area contributed by atoms with E-state index in [2.05, 4.69) is 24.4 Å². The van der Waals surface area contributed by atoms with E-state index in [1.807, 2.05) is 16.2 Å². The first-order chi connectivity index (χ1) is 8.29. The quantitative estimate of drug-likeness (QED) is 0.884. The van der Waals surface area contributed by atoms with Crippen molar-refractivity contribution in [2.75, 3.05) is 26.2 Å². The summed E-state index contributed by atoms with van der Waals surface area (Å²) in [6.45, 7) is 5.77. The molecule has 2 heterocycles. The molecule has 1 aromatic rings. The van der Waals surface area contributed by atoms with Crippen molar-refractivity contribution < 1.29 is 4.79 Å². The van der Waals surface area contributed by atoms with Crippen LogP contribution < -0.4 is 5.32 Å². The summed E-state index contributed by atoms with van der Waals surface area (Å²) in [5.41, 5.74) is 0. The van der Waals surface area contributed by atoms with E-state index in [0.717, 1.165) is 39.0 Å². The molecule has 0 bridgehead atoms. The van der Waals surface area contributed by atoms with Gasteiger partial charge in [0.1, 0.15) is 0 Å². The molecule has 1 N–H and O–H groups in total. The predicted molar refractivity (Wildman–Crippen MR) is 71.5 cm³/mol. The summed E-state index contributed by atoms with van der Waals surface area (Å²) in [5, 5.41) is 3.26. The molecule has 1 aliphatic heterocycles. The highest BCUT2D eigenvalue weighted by atomic mass is 32.1. The van der Waals surface area contributed by atoms with Crippen LogP contribution in [0.4, 0.5) is 0 Å². The first kappa shape index (κ1) is 12.6. The lowest BCUT2D eigenvalue weighted by Gasteiger charge is -2.27. The maximum atomic E-state index is 12.0. The Bertz CT molecular complexity index is 369. The van der Waals surface area contributed by atoms with Crippen molar-refractivity contribution in [2.45, 2.75) is 26.2 Å². The van der Waals surface area contributed by atoms with Crippen LogP contribution in [0.2, 0.25) is 0 Å². The third-order valence-electron chi connectivity index (χ3n) is 3.12. The van der Waals surface area contributed by atoms with Crippen molar-refractivity contribution in [3.8, 4) is 0 Å². The Kier molecular flexibility index (Phi) is 4.57. The van der Waals surface area contributed by atoms with Crippen molar-refractivity contribution in [2.24, 2.45) is 0 Å². The molecule has 1 fully saturated rings. The molecule has 94 valence electrons. The molecular formula is C13H20N2OS. The van der Waals surface area contributed by atoms with Gasteiger partial charge in [0.15, 0.2) is 0 Å². The van der Waals surface area contributed by atoms with E-state index in [9.17, 15) is 4.79 Å². The number of amides is 1. The van der Waals surface area contributed by atoms with Crippen LogP contribution in [0.15, 0.2) is 12.1 Å². The summed E-state index contributed by atoms with van der Waals surface area (Å²) in [5.74, 6) is 0.304. The normalized spacial score (nSPS) is 16.2. The van der Waals surface area contributed by atoms with E-state index in [4.69, 9.17) is 0 Å². The molecule has 0 spiro atoms. The number of carbonyl (C=O) groups excluding carboxylic acids is 1. The third kappa shape index (κ3) is 3.54. The van der Waals surface area contributed by atoms with Gasteiger partial charge >= 0.3 is 0 Å². The molecular weight excluding hydrogens is 232 g/mol. The number of rotatable bonds is 4. The Morgan fingerprint density at radius 1 is 1.35 bits per heavy atom. The van der Waals surface area contributed by atoms with Gasteiger partial charge in [-0.05, 0) is 25.0 Å². The van der Waals surface area contributed by atoms with Crippen LogP contribution in [0.1, 0.15) is 23.1 Å². The first-order valence-electron chi connectivity index (χ1n) is 6.35. The largest absolute Gasteiger partial charge is 0.340 e. The lowest BCUT2D eigenvalue weighted by molar-refractivity contribution is -0.131. The fraction of sp³-hybridized carbons (Fsp3) is 0.615. The summed E-state index contributed by atoms with van der Waals surface area (Å²) >= 11 is 1.84. The fourth-order valence-electron chi connectivity index (χ4n) is 2.05. The number of piperazine rings is 1. The Balaban J connectivity index is 1.78. The lowest BCUT2D eigenvalue weighted by Crippen LogP contribution is -2.46. The molecule has 0 unspecified atom stereocenters. The Morgan fingerprint density at radius 2 is 2.06 bits per heavy atom. The van der Waals surface area contributed by atoms with Crippen molar-refractivity contribution in [3.63, 3.8) is 0 Å². The first-order valence-corrected chi connectivity index (χ1v) is 7.17. The molecule has 1 amide bonds. The van der Waals surface area contributed by atoms with Crippen LogP contribution in [0.25, 0.3) is 0 Å². The van der Waals surface area contributed by atoms with Crippen molar-refractivity contribution in [1.82, 2.24) is 10.2 Å². The maximum absolute atomic E-state index is 12.0. The highest BCUT2D eigenvalue weighted by molar-refractivity contribution is 7.11. The topological polar surface area (TPSA) is 32.3 Å². The summed E-state index contributed by atoms with van der Waals surface area (Å²) < 4.78 is 0. The molecule has 0 saturated carbocycles. The van der Waals surface area contributed by atoms with E-state index in [1.54, 1.807) is 0 Å². The van der Waals surface area contributed by atoms with Crippen LogP contribution in [-0.2, 0) is 17.6 Å². The van der Waals surface area contributed by atoms with Gasteiger partial charge in [-0.15, -0.1) is 11.3 Å². The summed E-state index contributed by atoms with van der Waals surface area (Å²) in [7, 11) is 0. The fourth-order valence-corrected chi connectivity index (χ4v) is 3.01. The zero-order valence-corrected chi connectivity index (χ0v) is 11.2. The number of nitrogens with one attached hydrogen (secondary N) is 1. The van der Waals surface area contributed by atoms with E-state index in [1.165, 1.54) is 9.75 Å². The van der Waals surface area contributed by atoms with Gasteiger partial charge in [-0.25, -0.2) is 0 Å². The van der Waals surface area contributed by atoms with Gasteiger partial charge in [0.2, 0.25) is 5.91 Å².